The second-order valence-corrected chi connectivity index (χ2v) is 10.8. The van der Waals surface area contributed by atoms with Crippen LogP contribution < -0.4 is 16.4 Å². The van der Waals surface area contributed by atoms with Crippen LogP contribution in [0, 0.1) is 11.8 Å². The molecule has 1 aliphatic rings. The van der Waals surface area contributed by atoms with Crippen molar-refractivity contribution in [1.29, 1.82) is 0 Å². The largest absolute Gasteiger partial charge is 0.480 e. The summed E-state index contributed by atoms with van der Waals surface area (Å²) in [4.78, 5) is 56.5. The number of hydrogen-bond acceptors (Lipinski definition) is 5. The minimum absolute atomic E-state index is 0.155. The van der Waals surface area contributed by atoms with Gasteiger partial charge in [0.2, 0.25) is 17.7 Å². The topological polar surface area (TPSA) is 158 Å². The van der Waals surface area contributed by atoms with Crippen LogP contribution in [0.3, 0.4) is 0 Å². The Bertz CT molecular complexity index is 1150. The lowest BCUT2D eigenvalue weighted by molar-refractivity contribution is -0.144. The van der Waals surface area contributed by atoms with E-state index < -0.39 is 42.0 Å². The Morgan fingerprint density at radius 2 is 1.87 bits per heavy atom. The normalized spacial score (nSPS) is 18.7. The summed E-state index contributed by atoms with van der Waals surface area (Å²) >= 11 is 0. The molecule has 0 bridgehead atoms. The van der Waals surface area contributed by atoms with Gasteiger partial charge in [-0.2, -0.15) is 0 Å². The molecule has 3 amide bonds. The van der Waals surface area contributed by atoms with Crippen molar-refractivity contribution in [3.05, 3.63) is 36.0 Å². The number of benzene rings is 1. The van der Waals surface area contributed by atoms with Gasteiger partial charge < -0.3 is 31.4 Å². The van der Waals surface area contributed by atoms with Crippen molar-refractivity contribution in [3.63, 3.8) is 0 Å². The molecule has 3 rings (SSSR count). The Labute approximate surface area is 223 Å². The first kappa shape index (κ1) is 29.2. The summed E-state index contributed by atoms with van der Waals surface area (Å²) in [7, 11) is 0. The number of likely N-dealkylation sites (tertiary alicyclic amines) is 1. The lowest BCUT2D eigenvalue weighted by atomic mass is 9.98. The zero-order valence-corrected chi connectivity index (χ0v) is 22.7. The molecule has 2 heterocycles. The molecule has 1 saturated heterocycles. The molecule has 1 fully saturated rings. The van der Waals surface area contributed by atoms with Gasteiger partial charge in [0.05, 0.1) is 6.04 Å². The lowest BCUT2D eigenvalue weighted by Crippen LogP contribution is -2.57. The number of H-pyrrole nitrogens is 1. The Morgan fingerprint density at radius 3 is 2.53 bits per heavy atom. The van der Waals surface area contributed by atoms with Crippen molar-refractivity contribution in [2.45, 2.75) is 84.0 Å². The van der Waals surface area contributed by atoms with Crippen molar-refractivity contribution in [1.82, 2.24) is 20.5 Å². The van der Waals surface area contributed by atoms with Gasteiger partial charge in [-0.05, 0) is 42.7 Å². The van der Waals surface area contributed by atoms with Crippen LogP contribution in [0.15, 0.2) is 30.5 Å². The molecule has 1 aromatic heterocycles. The van der Waals surface area contributed by atoms with Gasteiger partial charge in [-0.15, -0.1) is 0 Å². The third kappa shape index (κ3) is 6.92. The Balaban J connectivity index is 1.83. The van der Waals surface area contributed by atoms with Gasteiger partial charge in [-0.1, -0.05) is 52.3 Å². The lowest BCUT2D eigenvalue weighted by Gasteiger charge is -2.29. The van der Waals surface area contributed by atoms with Crippen molar-refractivity contribution in [2.75, 3.05) is 6.54 Å². The first-order valence-electron chi connectivity index (χ1n) is 13.5. The van der Waals surface area contributed by atoms with E-state index >= 15 is 0 Å². The number of carbonyl (C=O) groups excluding carboxylic acids is 3. The number of nitrogens with one attached hydrogen (secondary N) is 3. The third-order valence-electron chi connectivity index (χ3n) is 7.39. The van der Waals surface area contributed by atoms with E-state index in [0.29, 0.717) is 32.2 Å². The van der Waals surface area contributed by atoms with Gasteiger partial charge >= 0.3 is 5.97 Å². The summed E-state index contributed by atoms with van der Waals surface area (Å²) in [6, 6.07) is 4.07. The fraction of sp³-hybridized carbons (Fsp3) is 0.571. The highest BCUT2D eigenvalue weighted by Gasteiger charge is 2.38. The molecule has 0 aliphatic carbocycles. The van der Waals surface area contributed by atoms with Crippen molar-refractivity contribution in [2.24, 2.45) is 17.6 Å². The van der Waals surface area contributed by atoms with Crippen LogP contribution in [0.1, 0.15) is 58.9 Å². The van der Waals surface area contributed by atoms with Crippen LogP contribution in [-0.2, 0) is 25.6 Å². The fourth-order valence-electron chi connectivity index (χ4n) is 5.06. The van der Waals surface area contributed by atoms with Gasteiger partial charge in [0, 0.05) is 30.1 Å². The summed E-state index contributed by atoms with van der Waals surface area (Å²) in [5.41, 5.74) is 7.84. The van der Waals surface area contributed by atoms with Crippen LogP contribution in [0.4, 0.5) is 0 Å². The maximum atomic E-state index is 13.5. The molecule has 5 atom stereocenters. The van der Waals surface area contributed by atoms with E-state index in [0.717, 1.165) is 16.5 Å². The van der Waals surface area contributed by atoms with Crippen molar-refractivity contribution in [3.8, 4) is 0 Å². The Morgan fingerprint density at radius 1 is 1.16 bits per heavy atom. The molecular formula is C28H41N5O5. The Hall–Kier alpha value is -3.40. The quantitative estimate of drug-likeness (QED) is 0.285. The molecule has 5 unspecified atom stereocenters. The van der Waals surface area contributed by atoms with E-state index in [2.05, 4.69) is 15.6 Å². The first-order chi connectivity index (χ1) is 18.0. The molecule has 10 nitrogen and oxygen atoms in total. The van der Waals surface area contributed by atoms with Crippen molar-refractivity contribution >= 4 is 34.6 Å². The molecule has 208 valence electrons. The van der Waals surface area contributed by atoms with Crippen LogP contribution in [0.25, 0.3) is 10.9 Å². The van der Waals surface area contributed by atoms with E-state index in [1.54, 1.807) is 13.1 Å². The summed E-state index contributed by atoms with van der Waals surface area (Å²) in [5, 5.41) is 16.1. The molecule has 2 aromatic rings. The Kier molecular flexibility index (Phi) is 9.90. The molecular weight excluding hydrogens is 486 g/mol. The molecule has 0 radical (unpaired) electrons. The zero-order valence-electron chi connectivity index (χ0n) is 22.7. The van der Waals surface area contributed by atoms with Gasteiger partial charge in [-0.25, -0.2) is 4.79 Å². The molecule has 6 N–H and O–H groups in total. The van der Waals surface area contributed by atoms with E-state index in [1.807, 2.05) is 45.0 Å². The predicted molar refractivity (Wildman–Crippen MR) is 145 cm³/mol. The molecule has 0 spiro atoms. The number of aromatic nitrogens is 1. The number of aromatic amines is 1. The number of fused-ring (bicyclic) bond motifs is 1. The highest BCUT2D eigenvalue weighted by Crippen LogP contribution is 2.22. The van der Waals surface area contributed by atoms with Crippen LogP contribution in [0.2, 0.25) is 0 Å². The first-order valence-corrected chi connectivity index (χ1v) is 13.5. The SMILES string of the molecule is CCC(C)C(NC(=O)C(Cc1c[nH]c2ccccc12)NC(=O)C1CCCN1C(=O)C(N)CC(C)C)C(=O)O. The van der Waals surface area contributed by atoms with Gasteiger partial charge in [0.25, 0.3) is 0 Å². The number of amides is 3. The number of carbonyl (C=O) groups is 4. The summed E-state index contributed by atoms with van der Waals surface area (Å²) in [6.07, 6.45) is 4.15. The van der Waals surface area contributed by atoms with Gasteiger partial charge in [-0.3, -0.25) is 14.4 Å². The molecule has 1 aliphatic heterocycles. The molecule has 10 heteroatoms. The van der Waals surface area contributed by atoms with E-state index in [4.69, 9.17) is 5.73 Å². The third-order valence-corrected chi connectivity index (χ3v) is 7.39. The summed E-state index contributed by atoms with van der Waals surface area (Å²) in [6.45, 7) is 8.01. The number of hydrogen-bond donors (Lipinski definition) is 5. The second kappa shape index (κ2) is 12.9. The van der Waals surface area contributed by atoms with Crippen LogP contribution in [-0.4, -0.2) is 69.4 Å². The maximum absolute atomic E-state index is 13.5. The number of aliphatic carboxylic acids is 1. The monoisotopic (exact) mass is 527 g/mol. The van der Waals surface area contributed by atoms with E-state index in [1.165, 1.54) is 4.90 Å². The molecule has 38 heavy (non-hydrogen) atoms. The average Bonchev–Trinajstić information content (AvgIpc) is 3.53. The minimum Gasteiger partial charge on any atom is -0.480 e. The standard InChI is InChI=1S/C28H41N5O5/c1-5-17(4)24(28(37)38)32-25(34)22(14-18-15-30-21-10-7-6-9-19(18)21)31-26(35)23-11-8-12-33(23)27(36)20(29)13-16(2)3/h6-7,9-10,15-17,20,22-24,30H,5,8,11-14,29H2,1-4H3,(H,31,35)(H,32,34)(H,37,38). The number of rotatable bonds is 12. The highest BCUT2D eigenvalue weighted by molar-refractivity contribution is 5.95. The number of para-hydroxylation sites is 1. The van der Waals surface area contributed by atoms with E-state index in [-0.39, 0.29) is 24.2 Å². The molecule has 1 aromatic carbocycles. The van der Waals surface area contributed by atoms with E-state index in [9.17, 15) is 24.3 Å². The van der Waals surface area contributed by atoms with Crippen LogP contribution in [0.5, 0.6) is 0 Å². The smallest absolute Gasteiger partial charge is 0.326 e. The summed E-state index contributed by atoms with van der Waals surface area (Å²) in [5.74, 6) is -2.48. The second-order valence-electron chi connectivity index (χ2n) is 10.8. The summed E-state index contributed by atoms with van der Waals surface area (Å²) < 4.78 is 0. The number of carboxylic acid groups (broad SMARTS) is 1. The van der Waals surface area contributed by atoms with Crippen LogP contribution >= 0.6 is 0 Å². The van der Waals surface area contributed by atoms with Gasteiger partial charge in [0.15, 0.2) is 0 Å². The fourth-order valence-corrected chi connectivity index (χ4v) is 5.06. The average molecular weight is 528 g/mol. The van der Waals surface area contributed by atoms with Gasteiger partial charge in [0.1, 0.15) is 18.1 Å². The number of nitrogens with zero attached hydrogens (tertiary/aromatic N) is 1. The highest BCUT2D eigenvalue weighted by atomic mass is 16.4. The molecule has 0 saturated carbocycles. The number of carboxylic acids is 1. The zero-order chi connectivity index (χ0) is 28.0. The predicted octanol–water partition coefficient (Wildman–Crippen LogP) is 2.18. The minimum atomic E-state index is -1.13. The number of nitrogens with two attached hydrogens (primary N) is 1. The van der Waals surface area contributed by atoms with Crippen molar-refractivity contribution < 1.29 is 24.3 Å². The maximum Gasteiger partial charge on any atom is 0.326 e.